The molecule has 3 N–H and O–H groups in total. The fourth-order valence-electron chi connectivity index (χ4n) is 2.04. The van der Waals surface area contributed by atoms with Crippen LogP contribution in [0.2, 0.25) is 0 Å². The molecule has 0 spiro atoms. The minimum atomic E-state index is -4.58. The van der Waals surface area contributed by atoms with Gasteiger partial charge in [-0.2, -0.15) is 13.2 Å². The van der Waals surface area contributed by atoms with E-state index in [2.05, 4.69) is 10.6 Å². The maximum Gasteiger partial charge on any atom is 0.417 e. The second kappa shape index (κ2) is 6.95. The van der Waals surface area contributed by atoms with Crippen molar-refractivity contribution < 1.29 is 18.0 Å². The molecule has 0 radical (unpaired) electrons. The normalized spacial score (nSPS) is 18.7. The third-order valence-electron chi connectivity index (χ3n) is 3.12. The fraction of sp³-hybridized carbons (Fsp3) is 0.500. The van der Waals surface area contributed by atoms with Crippen molar-refractivity contribution in [2.45, 2.75) is 31.5 Å². The molecule has 5 nitrogen and oxygen atoms in total. The lowest BCUT2D eigenvalue weighted by molar-refractivity contribution is -0.137. The summed E-state index contributed by atoms with van der Waals surface area (Å²) >= 11 is 0. The average molecular weight is 326 g/mol. The number of pyridine rings is 1. The number of anilines is 1. The van der Waals surface area contributed by atoms with E-state index in [1.807, 2.05) is 4.98 Å². The average Bonchev–Trinajstić information content (AvgIpc) is 2.41. The molecule has 1 atom stereocenters. The summed E-state index contributed by atoms with van der Waals surface area (Å²) in [4.78, 5) is 25.3. The fourth-order valence-corrected chi connectivity index (χ4v) is 2.04. The molecule has 1 aromatic heterocycles. The highest BCUT2D eigenvalue weighted by molar-refractivity contribution is 5.94. The Morgan fingerprint density at radius 3 is 2.62 bits per heavy atom. The van der Waals surface area contributed by atoms with E-state index in [1.54, 1.807) is 0 Å². The van der Waals surface area contributed by atoms with Crippen molar-refractivity contribution in [1.82, 2.24) is 10.3 Å². The van der Waals surface area contributed by atoms with Crippen molar-refractivity contribution in [2.24, 2.45) is 0 Å². The molecule has 1 aliphatic heterocycles. The van der Waals surface area contributed by atoms with Gasteiger partial charge in [-0.25, -0.2) is 0 Å². The number of carbonyl (C=O) groups is 1. The van der Waals surface area contributed by atoms with E-state index in [9.17, 15) is 22.8 Å². The summed E-state index contributed by atoms with van der Waals surface area (Å²) in [5.74, 6) is -0.491. The summed E-state index contributed by atoms with van der Waals surface area (Å²) < 4.78 is 37.6. The summed E-state index contributed by atoms with van der Waals surface area (Å²) in [5, 5.41) is 5.20. The van der Waals surface area contributed by atoms with Gasteiger partial charge in [0, 0.05) is 6.20 Å². The van der Waals surface area contributed by atoms with Crippen LogP contribution in [0.15, 0.2) is 17.1 Å². The van der Waals surface area contributed by atoms with Gasteiger partial charge in [-0.15, -0.1) is 12.4 Å². The number of piperidine rings is 1. The number of carbonyl (C=O) groups excluding carboxylic acids is 1. The van der Waals surface area contributed by atoms with E-state index in [-0.39, 0.29) is 12.4 Å². The minimum absolute atomic E-state index is 0. The van der Waals surface area contributed by atoms with Crippen LogP contribution in [-0.4, -0.2) is 23.5 Å². The molecule has 21 heavy (non-hydrogen) atoms. The van der Waals surface area contributed by atoms with Gasteiger partial charge in [-0.05, 0) is 25.5 Å². The Balaban J connectivity index is 0.00000220. The van der Waals surface area contributed by atoms with E-state index < -0.39 is 34.9 Å². The predicted molar refractivity (Wildman–Crippen MR) is 73.6 cm³/mol. The van der Waals surface area contributed by atoms with Crippen molar-refractivity contribution in [3.8, 4) is 0 Å². The molecule has 0 aromatic carbocycles. The first-order valence-electron chi connectivity index (χ1n) is 6.22. The predicted octanol–water partition coefficient (Wildman–Crippen LogP) is 1.90. The molecule has 1 fully saturated rings. The van der Waals surface area contributed by atoms with Gasteiger partial charge in [-0.1, -0.05) is 6.42 Å². The maximum absolute atomic E-state index is 12.5. The quantitative estimate of drug-likeness (QED) is 0.777. The molecule has 0 aliphatic carbocycles. The van der Waals surface area contributed by atoms with Crippen LogP contribution in [0.3, 0.4) is 0 Å². The van der Waals surface area contributed by atoms with Gasteiger partial charge < -0.3 is 15.6 Å². The molecule has 9 heteroatoms. The van der Waals surface area contributed by atoms with Gasteiger partial charge >= 0.3 is 6.18 Å². The first kappa shape index (κ1) is 17.5. The molecule has 2 heterocycles. The van der Waals surface area contributed by atoms with Crippen LogP contribution in [0.4, 0.5) is 18.9 Å². The second-order valence-corrected chi connectivity index (χ2v) is 4.62. The molecule has 1 amide bonds. The Bertz CT molecular complexity index is 553. The van der Waals surface area contributed by atoms with E-state index in [1.165, 1.54) is 0 Å². The standard InChI is InChI=1S/C12H14F3N3O2.ClH/c13-12(14,15)7-5-9(10(19)17-6-7)18-11(20)8-3-1-2-4-16-8;/h5-6,8,16H,1-4H2,(H,17,19)(H,18,20);1H. The summed E-state index contributed by atoms with van der Waals surface area (Å²) in [5.41, 5.74) is -2.16. The van der Waals surface area contributed by atoms with Crippen LogP contribution < -0.4 is 16.2 Å². The number of hydrogen-bond acceptors (Lipinski definition) is 3. The summed E-state index contributed by atoms with van der Waals surface area (Å²) in [6.07, 6.45) is -1.58. The molecule has 118 valence electrons. The highest BCUT2D eigenvalue weighted by atomic mass is 35.5. The highest BCUT2D eigenvalue weighted by Gasteiger charge is 2.32. The lowest BCUT2D eigenvalue weighted by Crippen LogP contribution is -2.44. The number of amides is 1. The van der Waals surface area contributed by atoms with Gasteiger partial charge in [-0.3, -0.25) is 9.59 Å². The Morgan fingerprint density at radius 2 is 2.05 bits per heavy atom. The number of nitrogens with one attached hydrogen (secondary N) is 3. The zero-order chi connectivity index (χ0) is 14.8. The first-order chi connectivity index (χ1) is 9.38. The molecule has 1 aromatic rings. The first-order valence-corrected chi connectivity index (χ1v) is 6.22. The molecule has 1 unspecified atom stereocenters. The summed E-state index contributed by atoms with van der Waals surface area (Å²) in [6, 6.07) is 0.164. The van der Waals surface area contributed by atoms with Crippen LogP contribution in [0, 0.1) is 0 Å². The zero-order valence-electron chi connectivity index (χ0n) is 10.9. The number of rotatable bonds is 2. The molecule has 0 bridgehead atoms. The van der Waals surface area contributed by atoms with Crippen molar-refractivity contribution in [3.05, 3.63) is 28.2 Å². The van der Waals surface area contributed by atoms with E-state index in [0.717, 1.165) is 12.8 Å². The van der Waals surface area contributed by atoms with Gasteiger partial charge in [0.1, 0.15) is 5.69 Å². The Hall–Kier alpha value is -1.54. The molecule has 0 saturated carbocycles. The van der Waals surface area contributed by atoms with E-state index >= 15 is 0 Å². The van der Waals surface area contributed by atoms with Crippen LogP contribution in [0.25, 0.3) is 0 Å². The van der Waals surface area contributed by atoms with Gasteiger partial charge in [0.25, 0.3) is 5.56 Å². The number of halogens is 4. The number of aromatic amines is 1. The number of hydrogen-bond donors (Lipinski definition) is 3. The maximum atomic E-state index is 12.5. The zero-order valence-corrected chi connectivity index (χ0v) is 11.7. The van der Waals surface area contributed by atoms with Crippen LogP contribution >= 0.6 is 12.4 Å². The topological polar surface area (TPSA) is 74.0 Å². The van der Waals surface area contributed by atoms with E-state index in [0.29, 0.717) is 25.2 Å². The van der Waals surface area contributed by atoms with Gasteiger partial charge in [0.15, 0.2) is 0 Å². The van der Waals surface area contributed by atoms with Crippen molar-refractivity contribution >= 4 is 24.0 Å². The van der Waals surface area contributed by atoms with Crippen LogP contribution in [0.1, 0.15) is 24.8 Å². The number of H-pyrrole nitrogens is 1. The van der Waals surface area contributed by atoms with Gasteiger partial charge in [0.2, 0.25) is 5.91 Å². The van der Waals surface area contributed by atoms with Crippen molar-refractivity contribution in [2.75, 3.05) is 11.9 Å². The van der Waals surface area contributed by atoms with Crippen molar-refractivity contribution in [1.29, 1.82) is 0 Å². The molecular weight excluding hydrogens is 311 g/mol. The van der Waals surface area contributed by atoms with Crippen LogP contribution in [-0.2, 0) is 11.0 Å². The Labute approximate surface area is 124 Å². The summed E-state index contributed by atoms with van der Waals surface area (Å²) in [6.45, 7) is 0.678. The SMILES string of the molecule is Cl.O=C(Nc1cc(C(F)(F)F)c[nH]c1=O)C1CCCCN1. The molecule has 1 saturated heterocycles. The minimum Gasteiger partial charge on any atom is -0.327 e. The second-order valence-electron chi connectivity index (χ2n) is 4.62. The Morgan fingerprint density at radius 1 is 1.33 bits per heavy atom. The monoisotopic (exact) mass is 325 g/mol. The highest BCUT2D eigenvalue weighted by Crippen LogP contribution is 2.29. The Kier molecular flexibility index (Phi) is 5.79. The lowest BCUT2D eigenvalue weighted by Gasteiger charge is -2.22. The third kappa shape index (κ3) is 4.47. The number of aromatic nitrogens is 1. The molecule has 2 rings (SSSR count). The third-order valence-corrected chi connectivity index (χ3v) is 3.12. The number of alkyl halides is 3. The smallest absolute Gasteiger partial charge is 0.327 e. The molecule has 1 aliphatic rings. The van der Waals surface area contributed by atoms with E-state index in [4.69, 9.17) is 0 Å². The summed E-state index contributed by atoms with van der Waals surface area (Å²) in [7, 11) is 0. The van der Waals surface area contributed by atoms with Crippen LogP contribution in [0.5, 0.6) is 0 Å². The van der Waals surface area contributed by atoms with Gasteiger partial charge in [0.05, 0.1) is 11.6 Å². The molecular formula is C12H15ClF3N3O2. The largest absolute Gasteiger partial charge is 0.417 e. The lowest BCUT2D eigenvalue weighted by atomic mass is 10.0. The van der Waals surface area contributed by atoms with Crippen molar-refractivity contribution in [3.63, 3.8) is 0 Å².